The van der Waals surface area contributed by atoms with E-state index < -0.39 is 16.4 Å². The lowest BCUT2D eigenvalue weighted by atomic mass is 10.3. The van der Waals surface area contributed by atoms with Crippen molar-refractivity contribution in [2.75, 3.05) is 13.2 Å². The normalized spacial score (nSPS) is 10.7. The Hall–Kier alpha value is -1.69. The minimum atomic E-state index is -0.877. The second-order valence-electron chi connectivity index (χ2n) is 4.15. The zero-order valence-corrected chi connectivity index (χ0v) is 10.5. The van der Waals surface area contributed by atoms with Gasteiger partial charge in [-0.15, -0.1) is 0 Å². The zero-order chi connectivity index (χ0) is 13.5. The largest absolute Gasteiger partial charge is 0.487 e. The molecule has 1 rings (SSSR count). The summed E-state index contributed by atoms with van der Waals surface area (Å²) in [5, 5.41) is 13.9. The van der Waals surface area contributed by atoms with E-state index in [1.807, 2.05) is 13.8 Å². The van der Waals surface area contributed by atoms with E-state index in [9.17, 15) is 14.5 Å². The van der Waals surface area contributed by atoms with Crippen LogP contribution in [0.15, 0.2) is 18.2 Å². The lowest BCUT2D eigenvalue weighted by molar-refractivity contribution is -0.388. The van der Waals surface area contributed by atoms with Crippen LogP contribution in [0.2, 0.25) is 0 Å². The number of hydrogen-bond acceptors (Lipinski definition) is 4. The third-order valence-electron chi connectivity index (χ3n) is 2.26. The van der Waals surface area contributed by atoms with Crippen molar-refractivity contribution in [3.8, 4) is 5.75 Å². The molecular weight excluding hydrogens is 239 g/mol. The Morgan fingerprint density at radius 2 is 2.22 bits per heavy atom. The maximum Gasteiger partial charge on any atom is 0.346 e. The molecule has 0 aliphatic carbocycles. The van der Waals surface area contributed by atoms with E-state index in [-0.39, 0.29) is 5.75 Å². The molecule has 0 radical (unpaired) electrons. The zero-order valence-electron chi connectivity index (χ0n) is 10.5. The van der Waals surface area contributed by atoms with E-state index in [2.05, 4.69) is 5.32 Å². The number of ether oxygens (including phenoxy) is 1. The first kappa shape index (κ1) is 14.4. The summed E-state index contributed by atoms with van der Waals surface area (Å²) in [5.41, 5.74) is -0.602. The van der Waals surface area contributed by atoms with Crippen molar-refractivity contribution in [3.63, 3.8) is 0 Å². The van der Waals surface area contributed by atoms with Gasteiger partial charge in [0.05, 0.1) is 11.5 Å². The molecule has 0 spiro atoms. The molecule has 18 heavy (non-hydrogen) atoms. The first-order chi connectivity index (χ1) is 8.52. The van der Waals surface area contributed by atoms with Gasteiger partial charge in [0.25, 0.3) is 0 Å². The average molecular weight is 256 g/mol. The third-order valence-corrected chi connectivity index (χ3v) is 2.26. The summed E-state index contributed by atoms with van der Waals surface area (Å²) in [4.78, 5) is 9.93. The number of nitro benzene ring substituents is 1. The molecule has 0 atom stereocenters. The topological polar surface area (TPSA) is 64.4 Å². The van der Waals surface area contributed by atoms with E-state index in [0.717, 1.165) is 12.6 Å². The van der Waals surface area contributed by atoms with Crippen molar-refractivity contribution < 1.29 is 14.1 Å². The second-order valence-corrected chi connectivity index (χ2v) is 4.15. The standard InChI is InChI=1S/C12H17FN2O3/c1-9(2)14-7-4-8-18-11-6-3-5-10(13)12(11)15(16)17/h3,5-6,9,14H,4,7-8H2,1-2H3. The van der Waals surface area contributed by atoms with Crippen LogP contribution in [0, 0.1) is 15.9 Å². The smallest absolute Gasteiger partial charge is 0.346 e. The summed E-state index contributed by atoms with van der Waals surface area (Å²) < 4.78 is 18.5. The molecule has 0 aromatic heterocycles. The third kappa shape index (κ3) is 4.29. The minimum Gasteiger partial charge on any atom is -0.487 e. The number of rotatable bonds is 7. The molecule has 5 nitrogen and oxygen atoms in total. The lowest BCUT2D eigenvalue weighted by Crippen LogP contribution is -2.24. The van der Waals surface area contributed by atoms with Crippen LogP contribution >= 0.6 is 0 Å². The summed E-state index contributed by atoms with van der Waals surface area (Å²) >= 11 is 0. The molecule has 0 saturated carbocycles. The number of para-hydroxylation sites is 1. The number of benzene rings is 1. The molecule has 0 aliphatic rings. The van der Waals surface area contributed by atoms with Gasteiger partial charge in [-0.1, -0.05) is 19.9 Å². The summed E-state index contributed by atoms with van der Waals surface area (Å²) in [5.74, 6) is -0.901. The van der Waals surface area contributed by atoms with E-state index in [1.165, 1.54) is 12.1 Å². The molecular formula is C12H17FN2O3. The molecule has 0 amide bonds. The predicted molar refractivity (Wildman–Crippen MR) is 66.3 cm³/mol. The van der Waals surface area contributed by atoms with Crippen molar-refractivity contribution in [1.29, 1.82) is 0 Å². The lowest BCUT2D eigenvalue weighted by Gasteiger charge is -2.09. The van der Waals surface area contributed by atoms with Gasteiger partial charge in [-0.2, -0.15) is 4.39 Å². The fourth-order valence-electron chi connectivity index (χ4n) is 1.43. The molecule has 100 valence electrons. The number of nitro groups is 1. The first-order valence-corrected chi connectivity index (χ1v) is 5.81. The number of hydrogen-bond donors (Lipinski definition) is 1. The van der Waals surface area contributed by atoms with Crippen molar-refractivity contribution in [3.05, 3.63) is 34.1 Å². The maximum atomic E-state index is 13.2. The Morgan fingerprint density at radius 3 is 2.83 bits per heavy atom. The summed E-state index contributed by atoms with van der Waals surface area (Å²) in [6.45, 7) is 5.11. The SMILES string of the molecule is CC(C)NCCCOc1cccc(F)c1[N+](=O)[O-]. The van der Waals surface area contributed by atoms with E-state index in [1.54, 1.807) is 0 Å². The van der Waals surface area contributed by atoms with Crippen molar-refractivity contribution in [1.82, 2.24) is 5.32 Å². The van der Waals surface area contributed by atoms with Gasteiger partial charge in [0.15, 0.2) is 5.75 Å². The molecule has 0 unspecified atom stereocenters. The van der Waals surface area contributed by atoms with Gasteiger partial charge in [0, 0.05) is 6.04 Å². The van der Waals surface area contributed by atoms with Crippen LogP contribution in [0.5, 0.6) is 5.75 Å². The highest BCUT2D eigenvalue weighted by atomic mass is 19.1. The number of nitrogens with one attached hydrogen (secondary N) is 1. The van der Waals surface area contributed by atoms with Crippen LogP contribution < -0.4 is 10.1 Å². The Labute approximate surface area is 105 Å². The summed E-state index contributed by atoms with van der Waals surface area (Å²) in [7, 11) is 0. The van der Waals surface area contributed by atoms with Crippen LogP contribution in [-0.2, 0) is 0 Å². The van der Waals surface area contributed by atoms with Gasteiger partial charge in [0.2, 0.25) is 5.82 Å². The summed E-state index contributed by atoms with van der Waals surface area (Å²) in [6.07, 6.45) is 0.700. The van der Waals surface area contributed by atoms with Gasteiger partial charge < -0.3 is 10.1 Å². The Morgan fingerprint density at radius 1 is 1.50 bits per heavy atom. The van der Waals surface area contributed by atoms with Crippen LogP contribution in [0.4, 0.5) is 10.1 Å². The molecule has 0 aliphatic heterocycles. The highest BCUT2D eigenvalue weighted by molar-refractivity contribution is 5.47. The average Bonchev–Trinajstić information content (AvgIpc) is 2.27. The molecule has 1 aromatic carbocycles. The second kappa shape index (κ2) is 6.90. The summed E-state index contributed by atoms with van der Waals surface area (Å²) in [6, 6.07) is 4.22. The monoisotopic (exact) mass is 256 g/mol. The number of nitrogens with zero attached hydrogens (tertiary/aromatic N) is 1. The fraction of sp³-hybridized carbons (Fsp3) is 0.500. The first-order valence-electron chi connectivity index (χ1n) is 5.81. The molecule has 0 heterocycles. The Balaban J connectivity index is 2.52. The van der Waals surface area contributed by atoms with E-state index in [0.29, 0.717) is 19.1 Å². The van der Waals surface area contributed by atoms with Gasteiger partial charge in [-0.05, 0) is 25.1 Å². The van der Waals surface area contributed by atoms with Crippen LogP contribution in [0.25, 0.3) is 0 Å². The molecule has 0 saturated heterocycles. The molecule has 0 fully saturated rings. The highest BCUT2D eigenvalue weighted by Gasteiger charge is 2.20. The minimum absolute atomic E-state index is 0.0236. The Bertz CT molecular complexity index is 410. The molecule has 1 aromatic rings. The maximum absolute atomic E-state index is 13.2. The van der Waals surface area contributed by atoms with Crippen LogP contribution in [0.1, 0.15) is 20.3 Å². The highest BCUT2D eigenvalue weighted by Crippen LogP contribution is 2.29. The predicted octanol–water partition coefficient (Wildman–Crippen LogP) is 2.50. The van der Waals surface area contributed by atoms with Gasteiger partial charge in [0.1, 0.15) is 0 Å². The van der Waals surface area contributed by atoms with Gasteiger partial charge >= 0.3 is 5.69 Å². The van der Waals surface area contributed by atoms with Crippen molar-refractivity contribution in [2.24, 2.45) is 0 Å². The molecule has 6 heteroatoms. The Kier molecular flexibility index (Phi) is 5.51. The van der Waals surface area contributed by atoms with Crippen LogP contribution in [0.3, 0.4) is 0 Å². The van der Waals surface area contributed by atoms with E-state index in [4.69, 9.17) is 4.74 Å². The van der Waals surface area contributed by atoms with Gasteiger partial charge in [-0.3, -0.25) is 10.1 Å². The van der Waals surface area contributed by atoms with Crippen molar-refractivity contribution in [2.45, 2.75) is 26.3 Å². The van der Waals surface area contributed by atoms with Crippen LogP contribution in [-0.4, -0.2) is 24.1 Å². The van der Waals surface area contributed by atoms with E-state index >= 15 is 0 Å². The number of halogens is 1. The quantitative estimate of drug-likeness (QED) is 0.462. The van der Waals surface area contributed by atoms with Crippen molar-refractivity contribution >= 4 is 5.69 Å². The molecule has 1 N–H and O–H groups in total. The van der Waals surface area contributed by atoms with Gasteiger partial charge in [-0.25, -0.2) is 0 Å². The fourth-order valence-corrected chi connectivity index (χ4v) is 1.43. The molecule has 0 bridgehead atoms.